The minimum atomic E-state index is -0.392. The maximum atomic E-state index is 12.8. The van der Waals surface area contributed by atoms with Gasteiger partial charge in [-0.2, -0.15) is 5.10 Å². The Morgan fingerprint density at radius 3 is 2.55 bits per heavy atom. The summed E-state index contributed by atoms with van der Waals surface area (Å²) >= 11 is 6.26. The van der Waals surface area contributed by atoms with Gasteiger partial charge in [-0.1, -0.05) is 55.3 Å². The molecule has 8 heteroatoms. The lowest BCUT2D eigenvalue weighted by Crippen LogP contribution is -2.21. The van der Waals surface area contributed by atoms with Crippen molar-refractivity contribution in [1.82, 2.24) is 9.78 Å². The molecule has 1 aromatic heterocycles. The van der Waals surface area contributed by atoms with Gasteiger partial charge in [-0.05, 0) is 48.2 Å². The highest BCUT2D eigenvalue weighted by Gasteiger charge is 2.17. The largest absolute Gasteiger partial charge is 0.504 e. The minimum Gasteiger partial charge on any atom is -0.504 e. The molecule has 0 spiro atoms. The first-order valence-electron chi connectivity index (χ1n) is 10.6. The van der Waals surface area contributed by atoms with Crippen LogP contribution in [0.25, 0.3) is 10.9 Å². The van der Waals surface area contributed by atoms with E-state index in [-0.39, 0.29) is 24.0 Å². The van der Waals surface area contributed by atoms with Gasteiger partial charge in [0.2, 0.25) is 0 Å². The summed E-state index contributed by atoms with van der Waals surface area (Å²) < 4.78 is 1.70. The van der Waals surface area contributed by atoms with Crippen molar-refractivity contribution in [3.05, 3.63) is 76.3 Å². The molecule has 4 N–H and O–H groups in total. The number of para-hydroxylation sites is 1. The number of rotatable bonds is 5. The molecule has 2 amide bonds. The monoisotopic (exact) mass is 464 g/mol. The summed E-state index contributed by atoms with van der Waals surface area (Å²) in [5, 5.41) is 31.0. The molecule has 0 saturated carbocycles. The first kappa shape index (κ1) is 22.5. The molecular formula is C25H25ClN4O3. The number of hydrogen-bond donors (Lipinski definition) is 4. The van der Waals surface area contributed by atoms with E-state index in [1.807, 2.05) is 49.4 Å². The highest BCUT2D eigenvalue weighted by molar-refractivity contribution is 6.31. The normalized spacial score (nSPS) is 11.2. The van der Waals surface area contributed by atoms with Crippen LogP contribution >= 0.6 is 11.6 Å². The Balaban J connectivity index is 1.66. The van der Waals surface area contributed by atoms with E-state index in [0.29, 0.717) is 16.4 Å². The number of aryl methyl sites for hydroxylation is 1. The number of carbonyl (C=O) groups excluding carboxylic acids is 1. The fourth-order valence-corrected chi connectivity index (χ4v) is 3.98. The van der Waals surface area contributed by atoms with Crippen LogP contribution in [-0.4, -0.2) is 26.0 Å². The van der Waals surface area contributed by atoms with E-state index in [1.54, 1.807) is 4.68 Å². The Labute approximate surface area is 196 Å². The second-order valence-corrected chi connectivity index (χ2v) is 8.69. The van der Waals surface area contributed by atoms with Crippen molar-refractivity contribution < 1.29 is 15.0 Å². The summed E-state index contributed by atoms with van der Waals surface area (Å²) in [5.74, 6) is 0.122. The average Bonchev–Trinajstić information content (AvgIpc) is 3.08. The molecule has 0 aliphatic rings. The summed E-state index contributed by atoms with van der Waals surface area (Å²) in [7, 11) is 0. The van der Waals surface area contributed by atoms with Crippen molar-refractivity contribution in [3.8, 4) is 11.5 Å². The fourth-order valence-electron chi connectivity index (χ4n) is 3.76. The van der Waals surface area contributed by atoms with Crippen molar-refractivity contribution in [2.24, 2.45) is 0 Å². The predicted molar refractivity (Wildman–Crippen MR) is 132 cm³/mol. The number of nitrogens with one attached hydrogen (secondary N) is 2. The third-order valence-corrected chi connectivity index (χ3v) is 5.78. The lowest BCUT2D eigenvalue weighted by molar-refractivity contribution is 0.262. The van der Waals surface area contributed by atoms with E-state index in [9.17, 15) is 15.0 Å². The van der Waals surface area contributed by atoms with E-state index in [1.165, 1.54) is 12.1 Å². The molecule has 0 radical (unpaired) electrons. The number of aromatic nitrogens is 2. The molecule has 0 saturated heterocycles. The maximum absolute atomic E-state index is 12.8. The Bertz CT molecular complexity index is 1350. The molecule has 3 aromatic carbocycles. The summed E-state index contributed by atoms with van der Waals surface area (Å²) in [6, 6.07) is 15.8. The first-order chi connectivity index (χ1) is 15.7. The smallest absolute Gasteiger partial charge is 0.324 e. The molecule has 0 fully saturated rings. The van der Waals surface area contributed by atoms with E-state index in [0.717, 1.165) is 27.7 Å². The molecule has 1 heterocycles. The van der Waals surface area contributed by atoms with E-state index < -0.39 is 6.03 Å². The van der Waals surface area contributed by atoms with Gasteiger partial charge in [-0.3, -0.25) is 10.00 Å². The van der Waals surface area contributed by atoms with Crippen molar-refractivity contribution in [2.45, 2.75) is 33.2 Å². The summed E-state index contributed by atoms with van der Waals surface area (Å²) in [4.78, 5) is 12.8. The number of amides is 2. The molecule has 33 heavy (non-hydrogen) atoms. The zero-order valence-corrected chi connectivity index (χ0v) is 19.3. The molecule has 0 bridgehead atoms. The topological polar surface area (TPSA) is 99.4 Å². The van der Waals surface area contributed by atoms with Gasteiger partial charge in [-0.25, -0.2) is 4.79 Å². The third-order valence-electron chi connectivity index (χ3n) is 5.43. The van der Waals surface area contributed by atoms with Gasteiger partial charge in [0.25, 0.3) is 0 Å². The van der Waals surface area contributed by atoms with Crippen molar-refractivity contribution in [1.29, 1.82) is 0 Å². The van der Waals surface area contributed by atoms with Crippen molar-refractivity contribution in [2.75, 3.05) is 10.6 Å². The number of nitrogens with zero attached hydrogens (tertiary/aromatic N) is 2. The standard InChI is InChI=1S/C25H25ClN4O3/c1-14(2)17-6-4-5-7-20(17)27-25(33)28-24-18-10-15(3)8-9-21(18)30(29-24)13-16-11-22(31)23(32)12-19(16)26/h4-12,14,31-32H,13H2,1-3H3,(H2,27,28,29,33). The second kappa shape index (κ2) is 9.03. The van der Waals surface area contributed by atoms with Gasteiger partial charge < -0.3 is 15.5 Å². The summed E-state index contributed by atoms with van der Waals surface area (Å²) in [6.07, 6.45) is 0. The van der Waals surface area contributed by atoms with Gasteiger partial charge in [0, 0.05) is 22.2 Å². The second-order valence-electron chi connectivity index (χ2n) is 8.28. The molecule has 7 nitrogen and oxygen atoms in total. The first-order valence-corrected chi connectivity index (χ1v) is 10.9. The Kier molecular flexibility index (Phi) is 6.16. The van der Waals surface area contributed by atoms with Gasteiger partial charge in [0.05, 0.1) is 12.1 Å². The van der Waals surface area contributed by atoms with Crippen LogP contribution in [0.15, 0.2) is 54.6 Å². The van der Waals surface area contributed by atoms with E-state index in [2.05, 4.69) is 29.6 Å². The molecule has 4 rings (SSSR count). The molecule has 0 aliphatic heterocycles. The number of hydrogen-bond acceptors (Lipinski definition) is 4. The number of benzene rings is 3. The third kappa shape index (κ3) is 4.73. The number of carbonyl (C=O) groups is 1. The van der Waals surface area contributed by atoms with Gasteiger partial charge in [-0.15, -0.1) is 0 Å². The van der Waals surface area contributed by atoms with Gasteiger partial charge in [0.1, 0.15) is 0 Å². The number of phenols is 2. The maximum Gasteiger partial charge on any atom is 0.324 e. The number of halogens is 1. The SMILES string of the molecule is Cc1ccc2c(c1)c(NC(=O)Nc1ccccc1C(C)C)nn2Cc1cc(O)c(O)cc1Cl. The van der Waals surface area contributed by atoms with Gasteiger partial charge in [0.15, 0.2) is 17.3 Å². The Morgan fingerprint density at radius 1 is 1.06 bits per heavy atom. The molecule has 0 aliphatic carbocycles. The zero-order chi connectivity index (χ0) is 23.7. The van der Waals surface area contributed by atoms with Gasteiger partial charge >= 0.3 is 6.03 Å². The van der Waals surface area contributed by atoms with Crippen LogP contribution < -0.4 is 10.6 Å². The fraction of sp³-hybridized carbons (Fsp3) is 0.200. The number of phenolic OH excluding ortho intramolecular Hbond substituents is 2. The lowest BCUT2D eigenvalue weighted by Gasteiger charge is -2.13. The van der Waals surface area contributed by atoms with Crippen LogP contribution in [0, 0.1) is 6.92 Å². The number of fused-ring (bicyclic) bond motifs is 1. The predicted octanol–water partition coefficient (Wildman–Crippen LogP) is 6.23. The van der Waals surface area contributed by atoms with Crippen LogP contribution in [0.1, 0.15) is 36.5 Å². The van der Waals surface area contributed by atoms with Crippen LogP contribution in [0.5, 0.6) is 11.5 Å². The summed E-state index contributed by atoms with van der Waals surface area (Å²) in [5.41, 5.74) is 4.19. The molecular weight excluding hydrogens is 440 g/mol. The molecule has 0 unspecified atom stereocenters. The van der Waals surface area contributed by atoms with Crippen LogP contribution in [0.3, 0.4) is 0 Å². The quantitative estimate of drug-likeness (QED) is 0.263. The van der Waals surface area contributed by atoms with Crippen molar-refractivity contribution >= 4 is 40.0 Å². The van der Waals surface area contributed by atoms with Crippen LogP contribution in [0.4, 0.5) is 16.3 Å². The summed E-state index contributed by atoms with van der Waals surface area (Å²) in [6.45, 7) is 6.35. The van der Waals surface area contributed by atoms with E-state index in [4.69, 9.17) is 11.6 Å². The zero-order valence-electron chi connectivity index (χ0n) is 18.6. The lowest BCUT2D eigenvalue weighted by atomic mass is 10.0. The highest BCUT2D eigenvalue weighted by Crippen LogP contribution is 2.33. The van der Waals surface area contributed by atoms with Crippen LogP contribution in [0.2, 0.25) is 5.02 Å². The molecule has 170 valence electrons. The Morgan fingerprint density at radius 2 is 1.79 bits per heavy atom. The van der Waals surface area contributed by atoms with Crippen molar-refractivity contribution in [3.63, 3.8) is 0 Å². The Hall–Kier alpha value is -3.71. The minimum absolute atomic E-state index is 0.242. The van der Waals surface area contributed by atoms with E-state index >= 15 is 0 Å². The number of urea groups is 1. The highest BCUT2D eigenvalue weighted by atomic mass is 35.5. The number of aromatic hydroxyl groups is 2. The average molecular weight is 465 g/mol. The molecule has 4 aromatic rings. The van der Waals surface area contributed by atoms with Crippen LogP contribution in [-0.2, 0) is 6.54 Å². The number of anilines is 2. The molecule has 0 atom stereocenters.